The van der Waals surface area contributed by atoms with E-state index in [-0.39, 0.29) is 0 Å². The number of aryl methyl sites for hydroxylation is 1. The number of pyridine rings is 1. The van der Waals surface area contributed by atoms with Crippen LogP contribution in [-0.2, 0) is 0 Å². The Morgan fingerprint density at radius 1 is 1.27 bits per heavy atom. The van der Waals surface area contributed by atoms with Crippen LogP contribution in [0.25, 0.3) is 22.6 Å². The molecule has 74 valence electrons. The fourth-order valence-corrected chi connectivity index (χ4v) is 1.41. The van der Waals surface area contributed by atoms with Gasteiger partial charge < -0.3 is 8.83 Å². The van der Waals surface area contributed by atoms with Crippen molar-refractivity contribution in [3.8, 4) is 11.5 Å². The second-order valence-corrected chi connectivity index (χ2v) is 3.01. The summed E-state index contributed by atoms with van der Waals surface area (Å²) < 4.78 is 10.4. The van der Waals surface area contributed by atoms with E-state index in [0.717, 1.165) is 0 Å². The average Bonchev–Trinajstić information content (AvgIpc) is 2.82. The third kappa shape index (κ3) is 1.18. The van der Waals surface area contributed by atoms with Crippen molar-refractivity contribution in [2.75, 3.05) is 0 Å². The number of hydrogen-bond donors (Lipinski definition) is 0. The van der Waals surface area contributed by atoms with Crippen molar-refractivity contribution in [2.24, 2.45) is 0 Å². The molecule has 0 bridgehead atoms. The number of hydrogen-bond acceptors (Lipinski definition) is 6. The molecular formula is C9H6N4O2. The number of nitrogens with zero attached hydrogens (tertiary/aromatic N) is 4. The van der Waals surface area contributed by atoms with Gasteiger partial charge in [-0.05, 0) is 0 Å². The summed E-state index contributed by atoms with van der Waals surface area (Å²) in [5, 5.41) is 7.42. The summed E-state index contributed by atoms with van der Waals surface area (Å²) >= 11 is 0. The maximum atomic E-state index is 5.34. The number of aromatic nitrogens is 4. The van der Waals surface area contributed by atoms with Crippen molar-refractivity contribution in [1.29, 1.82) is 0 Å². The Kier molecular flexibility index (Phi) is 1.55. The van der Waals surface area contributed by atoms with Crippen LogP contribution < -0.4 is 0 Å². The normalized spacial score (nSPS) is 11.0. The molecule has 0 radical (unpaired) electrons. The van der Waals surface area contributed by atoms with E-state index in [0.29, 0.717) is 28.4 Å². The lowest BCUT2D eigenvalue weighted by Crippen LogP contribution is -1.83. The van der Waals surface area contributed by atoms with Crippen LogP contribution in [0.1, 0.15) is 5.89 Å². The molecule has 0 amide bonds. The van der Waals surface area contributed by atoms with E-state index in [1.165, 1.54) is 6.39 Å². The van der Waals surface area contributed by atoms with Gasteiger partial charge in [0.25, 0.3) is 5.89 Å². The predicted octanol–water partition coefficient (Wildman–Crippen LogP) is 1.58. The molecular weight excluding hydrogens is 196 g/mol. The van der Waals surface area contributed by atoms with Crippen LogP contribution in [0.5, 0.6) is 0 Å². The standard InChI is InChI=1S/C9H6N4O2/c1-5-12-8-6(9-13-11-4-14-9)2-10-3-7(8)15-5/h2-4H,1H3. The van der Waals surface area contributed by atoms with Crippen LogP contribution in [0.3, 0.4) is 0 Å². The maximum absolute atomic E-state index is 5.34. The van der Waals surface area contributed by atoms with Gasteiger partial charge >= 0.3 is 0 Å². The van der Waals surface area contributed by atoms with E-state index < -0.39 is 0 Å². The molecule has 0 saturated carbocycles. The minimum atomic E-state index is 0.390. The van der Waals surface area contributed by atoms with Crippen molar-refractivity contribution >= 4 is 11.1 Å². The maximum Gasteiger partial charge on any atom is 0.251 e. The van der Waals surface area contributed by atoms with Crippen molar-refractivity contribution in [2.45, 2.75) is 6.92 Å². The van der Waals surface area contributed by atoms with E-state index in [4.69, 9.17) is 8.83 Å². The van der Waals surface area contributed by atoms with Gasteiger partial charge in [0.15, 0.2) is 11.5 Å². The molecule has 3 aromatic heterocycles. The van der Waals surface area contributed by atoms with Gasteiger partial charge in [-0.3, -0.25) is 4.98 Å². The van der Waals surface area contributed by atoms with Crippen LogP contribution in [0, 0.1) is 6.92 Å². The quantitative estimate of drug-likeness (QED) is 0.596. The van der Waals surface area contributed by atoms with Crippen LogP contribution in [0.4, 0.5) is 0 Å². The Morgan fingerprint density at radius 2 is 2.20 bits per heavy atom. The lowest BCUT2D eigenvalue weighted by atomic mass is 10.2. The lowest BCUT2D eigenvalue weighted by Gasteiger charge is -1.92. The van der Waals surface area contributed by atoms with Gasteiger partial charge in [-0.2, -0.15) is 0 Å². The molecule has 6 heteroatoms. The molecule has 0 aliphatic rings. The third-order valence-electron chi connectivity index (χ3n) is 2.00. The Bertz CT molecular complexity index is 600. The highest BCUT2D eigenvalue weighted by Gasteiger charge is 2.13. The first-order valence-electron chi connectivity index (χ1n) is 4.32. The third-order valence-corrected chi connectivity index (χ3v) is 2.00. The first-order valence-corrected chi connectivity index (χ1v) is 4.32. The molecule has 3 rings (SSSR count). The van der Waals surface area contributed by atoms with Crippen molar-refractivity contribution in [1.82, 2.24) is 20.2 Å². The molecule has 0 aliphatic carbocycles. The van der Waals surface area contributed by atoms with E-state index in [9.17, 15) is 0 Å². The molecule has 0 spiro atoms. The molecule has 0 aromatic carbocycles. The summed E-state index contributed by atoms with van der Waals surface area (Å²) in [6, 6.07) is 0. The first-order chi connectivity index (χ1) is 7.34. The van der Waals surface area contributed by atoms with Gasteiger partial charge in [0.1, 0.15) is 5.52 Å². The van der Waals surface area contributed by atoms with Crippen molar-refractivity contribution in [3.63, 3.8) is 0 Å². The zero-order chi connectivity index (χ0) is 10.3. The predicted molar refractivity (Wildman–Crippen MR) is 49.8 cm³/mol. The molecule has 15 heavy (non-hydrogen) atoms. The molecule has 0 atom stereocenters. The minimum Gasteiger partial charge on any atom is -0.439 e. The minimum absolute atomic E-state index is 0.390. The van der Waals surface area contributed by atoms with Crippen LogP contribution in [-0.4, -0.2) is 20.2 Å². The van der Waals surface area contributed by atoms with Gasteiger partial charge in [-0.25, -0.2) is 4.98 Å². The largest absolute Gasteiger partial charge is 0.439 e. The molecule has 0 N–H and O–H groups in total. The summed E-state index contributed by atoms with van der Waals surface area (Å²) in [7, 11) is 0. The zero-order valence-electron chi connectivity index (χ0n) is 7.84. The lowest BCUT2D eigenvalue weighted by molar-refractivity contribution is 0.559. The molecule has 6 nitrogen and oxygen atoms in total. The molecule has 3 heterocycles. The Balaban J connectivity index is 2.35. The van der Waals surface area contributed by atoms with Crippen LogP contribution in [0.2, 0.25) is 0 Å². The number of rotatable bonds is 1. The Morgan fingerprint density at radius 3 is 3.00 bits per heavy atom. The second kappa shape index (κ2) is 2.88. The summed E-state index contributed by atoms with van der Waals surface area (Å²) in [5.74, 6) is 0.972. The Labute approximate surface area is 84.0 Å². The summed E-state index contributed by atoms with van der Waals surface area (Å²) in [6.45, 7) is 1.78. The number of oxazole rings is 1. The van der Waals surface area contributed by atoms with Gasteiger partial charge in [0.2, 0.25) is 6.39 Å². The Hall–Kier alpha value is -2.24. The van der Waals surface area contributed by atoms with Crippen LogP contribution in [0.15, 0.2) is 27.6 Å². The van der Waals surface area contributed by atoms with Crippen molar-refractivity contribution < 1.29 is 8.83 Å². The molecule has 0 aliphatic heterocycles. The number of fused-ring (bicyclic) bond motifs is 1. The van der Waals surface area contributed by atoms with E-state index in [2.05, 4.69) is 20.2 Å². The van der Waals surface area contributed by atoms with Gasteiger partial charge in [0, 0.05) is 13.1 Å². The highest BCUT2D eigenvalue weighted by atomic mass is 16.4. The van der Waals surface area contributed by atoms with E-state index in [1.807, 2.05) is 0 Å². The monoisotopic (exact) mass is 202 g/mol. The van der Waals surface area contributed by atoms with E-state index >= 15 is 0 Å². The van der Waals surface area contributed by atoms with Gasteiger partial charge in [0.05, 0.1) is 11.8 Å². The van der Waals surface area contributed by atoms with Gasteiger partial charge in [-0.15, -0.1) is 10.2 Å². The van der Waals surface area contributed by atoms with E-state index in [1.54, 1.807) is 19.3 Å². The SMILES string of the molecule is Cc1nc2c(-c3nnco3)cncc2o1. The fraction of sp³-hybridized carbons (Fsp3) is 0.111. The molecule has 0 fully saturated rings. The second-order valence-electron chi connectivity index (χ2n) is 3.01. The topological polar surface area (TPSA) is 77.8 Å². The smallest absolute Gasteiger partial charge is 0.251 e. The first kappa shape index (κ1) is 8.10. The molecule has 3 aromatic rings. The zero-order valence-corrected chi connectivity index (χ0v) is 7.84. The summed E-state index contributed by atoms with van der Waals surface area (Å²) in [4.78, 5) is 8.26. The van der Waals surface area contributed by atoms with Gasteiger partial charge in [-0.1, -0.05) is 0 Å². The average molecular weight is 202 g/mol. The molecule has 0 unspecified atom stereocenters. The summed E-state index contributed by atoms with van der Waals surface area (Å²) in [5.41, 5.74) is 1.98. The fourth-order valence-electron chi connectivity index (χ4n) is 1.41. The van der Waals surface area contributed by atoms with Crippen molar-refractivity contribution in [3.05, 3.63) is 24.7 Å². The highest BCUT2D eigenvalue weighted by molar-refractivity contribution is 5.86. The summed E-state index contributed by atoms with van der Waals surface area (Å²) in [6.07, 6.45) is 4.49. The van der Waals surface area contributed by atoms with Crippen LogP contribution >= 0.6 is 0 Å². The molecule has 0 saturated heterocycles. The highest BCUT2D eigenvalue weighted by Crippen LogP contribution is 2.25.